The molecular weight excluding hydrogens is 232 g/mol. The zero-order valence-corrected chi connectivity index (χ0v) is 11.4. The van der Waals surface area contributed by atoms with Crippen molar-refractivity contribution >= 4 is 17.4 Å². The molecule has 4 heteroatoms. The van der Waals surface area contributed by atoms with Gasteiger partial charge in [0.1, 0.15) is 11.9 Å². The monoisotopic (exact) mass is 239 g/mol. The first-order valence-electron chi connectivity index (χ1n) is 3.83. The number of epoxide rings is 1. The molecule has 0 saturated carbocycles. The smallest absolute Gasteiger partial charge is 0.227 e. The number of rotatable bonds is 0. The van der Waals surface area contributed by atoms with Crippen molar-refractivity contribution < 1.29 is 29.0 Å². The van der Waals surface area contributed by atoms with E-state index in [-0.39, 0.29) is 43.1 Å². The summed E-state index contributed by atoms with van der Waals surface area (Å²) in [7, 11) is 0. The van der Waals surface area contributed by atoms with E-state index >= 15 is 0 Å². The van der Waals surface area contributed by atoms with Gasteiger partial charge < -0.3 is 9.47 Å². The summed E-state index contributed by atoms with van der Waals surface area (Å²) >= 11 is 0. The number of ether oxygens (including phenoxy) is 2. The van der Waals surface area contributed by atoms with Gasteiger partial charge in [-0.15, -0.1) is 0 Å². The van der Waals surface area contributed by atoms with Crippen LogP contribution in [0, 0.1) is 0 Å². The largest absolute Gasteiger partial charge is 0.462 e. The van der Waals surface area contributed by atoms with E-state index in [1.807, 2.05) is 18.2 Å². The van der Waals surface area contributed by atoms with Crippen molar-refractivity contribution in [2.75, 3.05) is 0 Å². The fourth-order valence-electron chi connectivity index (χ4n) is 1.50. The van der Waals surface area contributed by atoms with Crippen molar-refractivity contribution in [3.8, 4) is 5.75 Å². The fraction of sp³-hybridized carbons (Fsp3) is 0.333. The predicted molar refractivity (Wildman–Crippen MR) is 45.2 cm³/mol. The molecule has 1 fully saturated rings. The molecule has 1 saturated heterocycles. The summed E-state index contributed by atoms with van der Waals surface area (Å²) in [5, 5.41) is 0. The summed E-state index contributed by atoms with van der Waals surface area (Å²) in [5.41, 5.74) is 1.27. The molecule has 2 nitrogen and oxygen atoms in total. The topological polar surface area (TPSA) is 21.8 Å². The van der Waals surface area contributed by atoms with Crippen LogP contribution >= 0.6 is 0 Å². The number of fused-ring (bicyclic) bond motifs is 2. The molecule has 0 bridgehead atoms. The SMILES string of the molecule is [Al].[Zn].c1ccc2c(c1)CC1OC1O2. The summed E-state index contributed by atoms with van der Waals surface area (Å²) < 4.78 is 10.7. The molecule has 2 aliphatic rings. The predicted octanol–water partition coefficient (Wildman–Crippen LogP) is 0.963. The van der Waals surface area contributed by atoms with Crippen LogP contribution in [0.1, 0.15) is 5.56 Å². The van der Waals surface area contributed by atoms with Crippen LogP contribution in [0.4, 0.5) is 0 Å². The van der Waals surface area contributed by atoms with Gasteiger partial charge in [0.15, 0.2) is 0 Å². The van der Waals surface area contributed by atoms with Crippen molar-refractivity contribution in [3.05, 3.63) is 29.8 Å². The normalized spacial score (nSPS) is 26.8. The van der Waals surface area contributed by atoms with E-state index < -0.39 is 0 Å². The summed E-state index contributed by atoms with van der Waals surface area (Å²) in [4.78, 5) is 0. The molecule has 1 aromatic carbocycles. The van der Waals surface area contributed by atoms with Crippen LogP contribution in [0.3, 0.4) is 0 Å². The molecule has 0 N–H and O–H groups in total. The molecule has 13 heavy (non-hydrogen) atoms. The van der Waals surface area contributed by atoms with E-state index in [2.05, 4.69) is 6.07 Å². The van der Waals surface area contributed by atoms with Gasteiger partial charge in [0, 0.05) is 43.3 Å². The Morgan fingerprint density at radius 3 is 2.85 bits per heavy atom. The van der Waals surface area contributed by atoms with Gasteiger partial charge in [-0.25, -0.2) is 0 Å². The standard InChI is InChI=1S/C9H8O2.Al.Zn/c1-2-4-7-6(3-1)5-8-9(10-7)11-8;;/h1-4,8-9H,5H2;;. The van der Waals surface area contributed by atoms with E-state index in [1.54, 1.807) is 0 Å². The zero-order valence-electron chi connectivity index (χ0n) is 7.27. The second-order valence-electron chi connectivity index (χ2n) is 2.97. The van der Waals surface area contributed by atoms with E-state index in [0.29, 0.717) is 6.10 Å². The summed E-state index contributed by atoms with van der Waals surface area (Å²) in [6, 6.07) is 8.10. The van der Waals surface area contributed by atoms with Crippen LogP contribution in [0.15, 0.2) is 24.3 Å². The van der Waals surface area contributed by atoms with Gasteiger partial charge in [-0.3, -0.25) is 0 Å². The molecule has 2 aliphatic heterocycles. The second-order valence-corrected chi connectivity index (χ2v) is 2.97. The maximum absolute atomic E-state index is 5.48. The minimum atomic E-state index is 0. The molecule has 0 amide bonds. The Labute approximate surface area is 100 Å². The summed E-state index contributed by atoms with van der Waals surface area (Å²) in [5.74, 6) is 0.992. The van der Waals surface area contributed by atoms with Crippen LogP contribution in [0.25, 0.3) is 0 Å². The average Bonchev–Trinajstić information content (AvgIpc) is 2.77. The van der Waals surface area contributed by atoms with Crippen LogP contribution in [-0.2, 0) is 30.6 Å². The van der Waals surface area contributed by atoms with E-state index in [4.69, 9.17) is 9.47 Å². The van der Waals surface area contributed by atoms with Crippen molar-refractivity contribution in [1.29, 1.82) is 0 Å². The molecule has 61 valence electrons. The number of hydrogen-bond acceptors (Lipinski definition) is 2. The number of para-hydroxylation sites is 1. The summed E-state index contributed by atoms with van der Waals surface area (Å²) in [6.07, 6.45) is 1.41. The minimum absolute atomic E-state index is 0. The molecule has 1 aromatic rings. The Balaban J connectivity index is 0.000000422. The third-order valence-corrected chi connectivity index (χ3v) is 2.17. The van der Waals surface area contributed by atoms with Crippen molar-refractivity contribution in [2.24, 2.45) is 0 Å². The molecule has 3 rings (SSSR count). The Kier molecular flexibility index (Phi) is 3.54. The first-order valence-corrected chi connectivity index (χ1v) is 3.83. The van der Waals surface area contributed by atoms with Gasteiger partial charge in [-0.2, -0.15) is 0 Å². The molecule has 0 spiro atoms. The van der Waals surface area contributed by atoms with E-state index in [9.17, 15) is 0 Å². The van der Waals surface area contributed by atoms with Crippen molar-refractivity contribution in [2.45, 2.75) is 18.8 Å². The first-order chi connectivity index (χ1) is 5.43. The molecule has 0 aliphatic carbocycles. The average molecular weight is 241 g/mol. The van der Waals surface area contributed by atoms with Crippen molar-refractivity contribution in [1.82, 2.24) is 0 Å². The molecule has 3 radical (unpaired) electrons. The van der Waals surface area contributed by atoms with Gasteiger partial charge in [0.2, 0.25) is 6.29 Å². The fourth-order valence-corrected chi connectivity index (χ4v) is 1.50. The first kappa shape index (κ1) is 11.2. The molecule has 2 heterocycles. The van der Waals surface area contributed by atoms with Crippen LogP contribution < -0.4 is 4.74 Å². The third kappa shape index (κ3) is 1.97. The Hall–Kier alpha value is 0.136. The molecule has 0 aromatic heterocycles. The maximum Gasteiger partial charge on any atom is 0.227 e. The van der Waals surface area contributed by atoms with Crippen molar-refractivity contribution in [3.63, 3.8) is 0 Å². The Morgan fingerprint density at radius 2 is 2.00 bits per heavy atom. The van der Waals surface area contributed by atoms with Crippen LogP contribution in [0.5, 0.6) is 5.75 Å². The maximum atomic E-state index is 5.48. The third-order valence-electron chi connectivity index (χ3n) is 2.17. The number of benzene rings is 1. The quantitative estimate of drug-likeness (QED) is 0.498. The second kappa shape index (κ2) is 4.11. The van der Waals surface area contributed by atoms with Gasteiger partial charge in [-0.1, -0.05) is 18.2 Å². The molecular formula is C9H8AlO2Zn. The van der Waals surface area contributed by atoms with E-state index in [1.165, 1.54) is 5.56 Å². The molecule has 2 atom stereocenters. The minimum Gasteiger partial charge on any atom is -0.462 e. The Morgan fingerprint density at radius 1 is 1.23 bits per heavy atom. The zero-order chi connectivity index (χ0) is 7.26. The van der Waals surface area contributed by atoms with Gasteiger partial charge in [-0.05, 0) is 11.6 Å². The van der Waals surface area contributed by atoms with Gasteiger partial charge in [0.25, 0.3) is 0 Å². The van der Waals surface area contributed by atoms with E-state index in [0.717, 1.165) is 12.2 Å². The van der Waals surface area contributed by atoms with Crippen LogP contribution in [0.2, 0.25) is 0 Å². The Bertz CT molecular complexity index is 276. The van der Waals surface area contributed by atoms with Crippen LogP contribution in [-0.4, -0.2) is 29.8 Å². The number of hydrogen-bond donors (Lipinski definition) is 0. The molecule has 2 unspecified atom stereocenters. The van der Waals surface area contributed by atoms with Gasteiger partial charge >= 0.3 is 0 Å². The summed E-state index contributed by atoms with van der Waals surface area (Å²) in [6.45, 7) is 0. The van der Waals surface area contributed by atoms with Gasteiger partial charge in [0.05, 0.1) is 0 Å².